The molecule has 5 rings (SSSR count). The fraction of sp³-hybridized carbons (Fsp3) is 0.889. The van der Waals surface area contributed by atoms with Gasteiger partial charge in [0.1, 0.15) is 5.78 Å². The van der Waals surface area contributed by atoms with Crippen molar-refractivity contribution >= 4 is 11.7 Å². The lowest BCUT2D eigenvalue weighted by Crippen LogP contribution is -2.54. The summed E-state index contributed by atoms with van der Waals surface area (Å²) in [7, 11) is 0. The molecule has 0 aromatic rings. The second kappa shape index (κ2) is 5.10. The number of hydrogen-bond donors (Lipinski definition) is 0. The van der Waals surface area contributed by atoms with E-state index in [0.29, 0.717) is 49.0 Å². The highest BCUT2D eigenvalue weighted by Crippen LogP contribution is 2.56. The summed E-state index contributed by atoms with van der Waals surface area (Å²) in [6, 6.07) is 0. The molecule has 1 atom stereocenters. The van der Waals surface area contributed by atoms with Crippen LogP contribution in [0.4, 0.5) is 0 Å². The predicted molar refractivity (Wildman–Crippen MR) is 80.5 cm³/mol. The maximum atomic E-state index is 13.1. The molecule has 0 radical (unpaired) electrons. The number of piperidine rings is 1. The van der Waals surface area contributed by atoms with Crippen molar-refractivity contribution < 1.29 is 9.59 Å². The summed E-state index contributed by atoms with van der Waals surface area (Å²) in [5.74, 6) is 4.31. The molecule has 4 bridgehead atoms. The van der Waals surface area contributed by atoms with Gasteiger partial charge in [0.2, 0.25) is 5.91 Å². The highest BCUT2D eigenvalue weighted by atomic mass is 16.2. The first-order valence-corrected chi connectivity index (χ1v) is 8.97. The van der Waals surface area contributed by atoms with Crippen LogP contribution in [0.5, 0.6) is 0 Å². The summed E-state index contributed by atoms with van der Waals surface area (Å²) >= 11 is 0. The van der Waals surface area contributed by atoms with Gasteiger partial charge < -0.3 is 4.90 Å². The Morgan fingerprint density at radius 1 is 1.10 bits per heavy atom. The van der Waals surface area contributed by atoms with Gasteiger partial charge in [-0.05, 0) is 62.2 Å². The minimum absolute atomic E-state index is 0.0968. The molecule has 3 heteroatoms. The molecule has 21 heavy (non-hydrogen) atoms. The number of carbonyl (C=O) groups is 2. The zero-order valence-corrected chi connectivity index (χ0v) is 13.1. The van der Waals surface area contributed by atoms with Crippen molar-refractivity contribution in [1.82, 2.24) is 4.90 Å². The van der Waals surface area contributed by atoms with Gasteiger partial charge in [-0.15, -0.1) is 0 Å². The molecule has 5 aliphatic rings. The van der Waals surface area contributed by atoms with Gasteiger partial charge in [0.25, 0.3) is 0 Å². The Morgan fingerprint density at radius 3 is 2.29 bits per heavy atom. The molecule has 1 saturated heterocycles. The van der Waals surface area contributed by atoms with Crippen LogP contribution in [0.25, 0.3) is 0 Å². The highest BCUT2D eigenvalue weighted by molar-refractivity contribution is 5.86. The number of ketones is 1. The van der Waals surface area contributed by atoms with E-state index in [2.05, 4.69) is 6.92 Å². The van der Waals surface area contributed by atoms with Crippen LogP contribution in [0.3, 0.4) is 0 Å². The second-order valence-electron chi connectivity index (χ2n) is 8.06. The minimum atomic E-state index is 0.0968. The molecule has 116 valence electrons. The number of hydrogen-bond acceptors (Lipinski definition) is 2. The SMILES string of the molecule is CCC1CN(C(=O)C2C3CC4CC(C3)CC2C4)CCC1=O. The first kappa shape index (κ1) is 13.8. The fourth-order valence-electron chi connectivity index (χ4n) is 6.00. The van der Waals surface area contributed by atoms with E-state index in [-0.39, 0.29) is 5.92 Å². The largest absolute Gasteiger partial charge is 0.341 e. The monoisotopic (exact) mass is 289 g/mol. The lowest BCUT2D eigenvalue weighted by atomic mass is 9.51. The first-order valence-electron chi connectivity index (χ1n) is 8.97. The van der Waals surface area contributed by atoms with Crippen LogP contribution in [-0.2, 0) is 9.59 Å². The standard InChI is InChI=1S/C18H27NO2/c1-2-13-10-19(4-3-16(13)20)18(21)17-14-6-11-5-12(8-14)9-15(17)7-11/h11-15,17H,2-10H2,1H3. The van der Waals surface area contributed by atoms with E-state index in [9.17, 15) is 9.59 Å². The fourth-order valence-corrected chi connectivity index (χ4v) is 6.00. The molecule has 0 aromatic carbocycles. The van der Waals surface area contributed by atoms with E-state index >= 15 is 0 Å². The Hall–Kier alpha value is -0.860. The van der Waals surface area contributed by atoms with Crippen LogP contribution in [-0.4, -0.2) is 29.7 Å². The molecule has 4 aliphatic carbocycles. The molecule has 0 N–H and O–H groups in total. The predicted octanol–water partition coefficient (Wildman–Crippen LogP) is 2.89. The van der Waals surface area contributed by atoms with Gasteiger partial charge in [0.05, 0.1) is 0 Å². The third kappa shape index (κ3) is 2.24. The summed E-state index contributed by atoms with van der Waals surface area (Å²) in [5.41, 5.74) is 0. The molecule has 1 aliphatic heterocycles. The van der Waals surface area contributed by atoms with Gasteiger partial charge in [-0.25, -0.2) is 0 Å². The van der Waals surface area contributed by atoms with Gasteiger partial charge in [-0.1, -0.05) is 6.92 Å². The number of Topliss-reactive ketones (excluding diaryl/α,β-unsaturated/α-hetero) is 1. The number of carbonyl (C=O) groups excluding carboxylic acids is 2. The van der Waals surface area contributed by atoms with Crippen LogP contribution >= 0.6 is 0 Å². The van der Waals surface area contributed by atoms with Gasteiger partial charge >= 0.3 is 0 Å². The number of rotatable bonds is 2. The van der Waals surface area contributed by atoms with Gasteiger partial charge in [0.15, 0.2) is 0 Å². The average molecular weight is 289 g/mol. The molecule has 3 nitrogen and oxygen atoms in total. The Bertz CT molecular complexity index is 430. The highest BCUT2D eigenvalue weighted by Gasteiger charge is 2.51. The summed E-state index contributed by atoms with van der Waals surface area (Å²) in [6.07, 6.45) is 8.09. The molecule has 4 saturated carbocycles. The van der Waals surface area contributed by atoms with Gasteiger partial charge in [0, 0.05) is 31.3 Å². The zero-order valence-electron chi connectivity index (χ0n) is 13.1. The number of nitrogens with zero attached hydrogens (tertiary/aromatic N) is 1. The van der Waals surface area contributed by atoms with Crippen LogP contribution in [0.2, 0.25) is 0 Å². The molecular formula is C18H27NO2. The van der Waals surface area contributed by atoms with E-state index in [1.807, 2.05) is 4.90 Å². The molecule has 1 unspecified atom stereocenters. The Balaban J connectivity index is 1.49. The lowest BCUT2D eigenvalue weighted by Gasteiger charge is -2.54. The van der Waals surface area contributed by atoms with Crippen LogP contribution in [0.1, 0.15) is 51.9 Å². The summed E-state index contributed by atoms with van der Waals surface area (Å²) in [4.78, 5) is 27.0. The van der Waals surface area contributed by atoms with Crippen LogP contribution in [0, 0.1) is 35.5 Å². The zero-order chi connectivity index (χ0) is 14.6. The van der Waals surface area contributed by atoms with Crippen molar-refractivity contribution in [3.8, 4) is 0 Å². The molecule has 5 fully saturated rings. The Morgan fingerprint density at radius 2 is 1.71 bits per heavy atom. The maximum absolute atomic E-state index is 13.1. The van der Waals surface area contributed by atoms with Crippen molar-refractivity contribution in [2.45, 2.75) is 51.9 Å². The van der Waals surface area contributed by atoms with E-state index < -0.39 is 0 Å². The van der Waals surface area contributed by atoms with Crippen molar-refractivity contribution in [1.29, 1.82) is 0 Å². The normalized spacial score (nSPS) is 45.2. The number of likely N-dealkylation sites (tertiary alicyclic amines) is 1. The van der Waals surface area contributed by atoms with E-state index in [1.165, 1.54) is 32.1 Å². The molecule has 0 spiro atoms. The van der Waals surface area contributed by atoms with Gasteiger partial charge in [-0.2, -0.15) is 0 Å². The molecule has 1 heterocycles. The van der Waals surface area contributed by atoms with Crippen LogP contribution < -0.4 is 0 Å². The smallest absolute Gasteiger partial charge is 0.226 e. The topological polar surface area (TPSA) is 37.4 Å². The van der Waals surface area contributed by atoms with Crippen molar-refractivity contribution in [3.63, 3.8) is 0 Å². The van der Waals surface area contributed by atoms with E-state index in [0.717, 1.165) is 18.3 Å². The van der Waals surface area contributed by atoms with Crippen LogP contribution in [0.15, 0.2) is 0 Å². The van der Waals surface area contributed by atoms with Crippen molar-refractivity contribution in [2.24, 2.45) is 35.5 Å². The Kier molecular flexibility index (Phi) is 3.35. The second-order valence-corrected chi connectivity index (χ2v) is 8.06. The quantitative estimate of drug-likeness (QED) is 0.784. The van der Waals surface area contributed by atoms with Crippen molar-refractivity contribution in [3.05, 3.63) is 0 Å². The summed E-state index contributed by atoms with van der Waals surface area (Å²) < 4.78 is 0. The molecule has 0 aromatic heterocycles. The van der Waals surface area contributed by atoms with Gasteiger partial charge in [-0.3, -0.25) is 9.59 Å². The molecular weight excluding hydrogens is 262 g/mol. The van der Waals surface area contributed by atoms with E-state index in [1.54, 1.807) is 0 Å². The first-order chi connectivity index (χ1) is 10.2. The lowest BCUT2D eigenvalue weighted by molar-refractivity contribution is -0.152. The molecule has 1 amide bonds. The summed E-state index contributed by atoms with van der Waals surface area (Å²) in [6.45, 7) is 3.44. The number of amides is 1. The average Bonchev–Trinajstić information content (AvgIpc) is 2.46. The van der Waals surface area contributed by atoms with E-state index in [4.69, 9.17) is 0 Å². The Labute approximate surface area is 127 Å². The third-order valence-electron chi connectivity index (χ3n) is 6.84. The third-order valence-corrected chi connectivity index (χ3v) is 6.84. The minimum Gasteiger partial charge on any atom is -0.341 e. The maximum Gasteiger partial charge on any atom is 0.226 e. The summed E-state index contributed by atoms with van der Waals surface area (Å²) in [5, 5.41) is 0. The van der Waals surface area contributed by atoms with Crippen molar-refractivity contribution in [2.75, 3.05) is 13.1 Å².